The molecule has 0 saturated carbocycles. The summed E-state index contributed by atoms with van der Waals surface area (Å²) < 4.78 is 11.4. The van der Waals surface area contributed by atoms with Crippen molar-refractivity contribution in [1.29, 1.82) is 0 Å². The van der Waals surface area contributed by atoms with E-state index in [2.05, 4.69) is 32.9 Å². The van der Waals surface area contributed by atoms with Gasteiger partial charge in [-0.3, -0.25) is 0 Å². The molecule has 1 aliphatic heterocycles. The number of hydrogen-bond donors (Lipinski definition) is 1. The first-order valence-corrected chi connectivity index (χ1v) is 6.16. The maximum atomic E-state index is 6.05. The first-order chi connectivity index (χ1) is 8.08. The molecule has 3 nitrogen and oxygen atoms in total. The van der Waals surface area contributed by atoms with E-state index in [1.807, 2.05) is 0 Å². The maximum absolute atomic E-state index is 6.05. The average Bonchev–Trinajstić information content (AvgIpc) is 2.28. The Morgan fingerprint density at radius 3 is 2.76 bits per heavy atom. The number of nitrogens with two attached hydrogens (primary N) is 1. The fraction of sp³-hybridized carbons (Fsp3) is 0.571. The minimum atomic E-state index is -0.0244. The van der Waals surface area contributed by atoms with Crippen molar-refractivity contribution in [3.63, 3.8) is 0 Å². The Labute approximate surface area is 103 Å². The zero-order valence-corrected chi connectivity index (χ0v) is 10.8. The summed E-state index contributed by atoms with van der Waals surface area (Å²) in [6.45, 7) is 7.60. The minimum absolute atomic E-state index is 0.0244. The molecule has 1 aromatic rings. The molecule has 2 rings (SSSR count). The van der Waals surface area contributed by atoms with Crippen molar-refractivity contribution in [3.05, 3.63) is 28.8 Å². The van der Waals surface area contributed by atoms with Gasteiger partial charge in [-0.15, -0.1) is 0 Å². The Kier molecular flexibility index (Phi) is 3.69. The van der Waals surface area contributed by atoms with E-state index in [9.17, 15) is 0 Å². The number of hydrogen-bond acceptors (Lipinski definition) is 3. The third-order valence-electron chi connectivity index (χ3n) is 3.40. The van der Waals surface area contributed by atoms with Gasteiger partial charge < -0.3 is 15.2 Å². The summed E-state index contributed by atoms with van der Waals surface area (Å²) in [5.74, 6) is 0.938. The SMILES string of the molecule is Cc1cc(C)c(C)c(OC2COCCC2N)c1. The molecule has 1 aliphatic rings. The molecule has 0 spiro atoms. The van der Waals surface area contributed by atoms with Crippen LogP contribution in [0, 0.1) is 20.8 Å². The quantitative estimate of drug-likeness (QED) is 0.854. The van der Waals surface area contributed by atoms with Gasteiger partial charge in [-0.1, -0.05) is 6.07 Å². The monoisotopic (exact) mass is 235 g/mol. The summed E-state index contributed by atoms with van der Waals surface area (Å²) in [5.41, 5.74) is 9.71. The lowest BCUT2D eigenvalue weighted by molar-refractivity contribution is -0.00562. The summed E-state index contributed by atoms with van der Waals surface area (Å²) in [4.78, 5) is 0. The molecule has 0 amide bonds. The van der Waals surface area contributed by atoms with Gasteiger partial charge in [-0.25, -0.2) is 0 Å². The van der Waals surface area contributed by atoms with Crippen molar-refractivity contribution in [2.24, 2.45) is 5.73 Å². The summed E-state index contributed by atoms with van der Waals surface area (Å²) in [6, 6.07) is 4.31. The lowest BCUT2D eigenvalue weighted by Gasteiger charge is -2.30. The summed E-state index contributed by atoms with van der Waals surface area (Å²) >= 11 is 0. The molecule has 2 atom stereocenters. The van der Waals surface area contributed by atoms with Crippen molar-refractivity contribution < 1.29 is 9.47 Å². The molecule has 17 heavy (non-hydrogen) atoms. The molecule has 1 heterocycles. The third kappa shape index (κ3) is 2.79. The van der Waals surface area contributed by atoms with Gasteiger partial charge >= 0.3 is 0 Å². The third-order valence-corrected chi connectivity index (χ3v) is 3.40. The van der Waals surface area contributed by atoms with Gasteiger partial charge in [-0.05, 0) is 49.9 Å². The second kappa shape index (κ2) is 5.07. The molecule has 0 radical (unpaired) electrons. The van der Waals surface area contributed by atoms with Crippen LogP contribution < -0.4 is 10.5 Å². The Balaban J connectivity index is 2.17. The van der Waals surface area contributed by atoms with Crippen LogP contribution in [0.15, 0.2) is 12.1 Å². The largest absolute Gasteiger partial charge is 0.486 e. The molecular weight excluding hydrogens is 214 g/mol. The maximum Gasteiger partial charge on any atom is 0.137 e. The van der Waals surface area contributed by atoms with Crippen LogP contribution in [0.25, 0.3) is 0 Å². The van der Waals surface area contributed by atoms with E-state index in [0.717, 1.165) is 18.8 Å². The lowest BCUT2D eigenvalue weighted by Crippen LogP contribution is -2.46. The van der Waals surface area contributed by atoms with E-state index in [0.29, 0.717) is 6.61 Å². The van der Waals surface area contributed by atoms with Crippen molar-refractivity contribution in [2.75, 3.05) is 13.2 Å². The lowest BCUT2D eigenvalue weighted by atomic mass is 10.0. The second-order valence-electron chi connectivity index (χ2n) is 4.89. The molecule has 1 fully saturated rings. The fourth-order valence-electron chi connectivity index (χ4n) is 2.14. The van der Waals surface area contributed by atoms with Gasteiger partial charge in [0.05, 0.1) is 6.61 Å². The van der Waals surface area contributed by atoms with Crippen molar-refractivity contribution >= 4 is 0 Å². The van der Waals surface area contributed by atoms with Crippen molar-refractivity contribution in [1.82, 2.24) is 0 Å². The Morgan fingerprint density at radius 1 is 1.29 bits per heavy atom. The van der Waals surface area contributed by atoms with Crippen LogP contribution in [0.2, 0.25) is 0 Å². The van der Waals surface area contributed by atoms with Gasteiger partial charge in [0.2, 0.25) is 0 Å². The molecule has 2 N–H and O–H groups in total. The van der Waals surface area contributed by atoms with Gasteiger partial charge in [0.15, 0.2) is 0 Å². The predicted octanol–water partition coefficient (Wildman–Crippen LogP) is 2.11. The highest BCUT2D eigenvalue weighted by atomic mass is 16.5. The van der Waals surface area contributed by atoms with Gasteiger partial charge in [0, 0.05) is 12.6 Å². The van der Waals surface area contributed by atoms with E-state index in [4.69, 9.17) is 15.2 Å². The van der Waals surface area contributed by atoms with Crippen LogP contribution in [0.5, 0.6) is 5.75 Å². The molecule has 2 unspecified atom stereocenters. The first kappa shape index (κ1) is 12.4. The molecule has 0 aromatic heterocycles. The highest BCUT2D eigenvalue weighted by Gasteiger charge is 2.24. The van der Waals surface area contributed by atoms with Crippen molar-refractivity contribution in [3.8, 4) is 5.75 Å². The smallest absolute Gasteiger partial charge is 0.137 e. The molecule has 0 bridgehead atoms. The summed E-state index contributed by atoms with van der Waals surface area (Å²) in [6.07, 6.45) is 0.845. The van der Waals surface area contributed by atoms with Crippen LogP contribution in [-0.2, 0) is 4.74 Å². The summed E-state index contributed by atoms with van der Waals surface area (Å²) in [5, 5.41) is 0. The Hall–Kier alpha value is -1.06. The molecule has 94 valence electrons. The fourth-order valence-corrected chi connectivity index (χ4v) is 2.14. The van der Waals surface area contributed by atoms with Gasteiger partial charge in [-0.2, -0.15) is 0 Å². The van der Waals surface area contributed by atoms with Crippen LogP contribution in [0.1, 0.15) is 23.1 Å². The highest BCUT2D eigenvalue weighted by Crippen LogP contribution is 2.25. The molecule has 1 aromatic carbocycles. The topological polar surface area (TPSA) is 44.5 Å². The van der Waals surface area contributed by atoms with E-state index < -0.39 is 0 Å². The highest BCUT2D eigenvalue weighted by molar-refractivity contribution is 5.42. The summed E-state index contributed by atoms with van der Waals surface area (Å²) in [7, 11) is 0. The Morgan fingerprint density at radius 2 is 2.06 bits per heavy atom. The van der Waals surface area contributed by atoms with Crippen LogP contribution in [-0.4, -0.2) is 25.4 Å². The molecule has 3 heteroatoms. The zero-order chi connectivity index (χ0) is 12.4. The normalized spacial score (nSPS) is 24.7. The van der Waals surface area contributed by atoms with Gasteiger partial charge in [0.25, 0.3) is 0 Å². The van der Waals surface area contributed by atoms with Gasteiger partial charge in [0.1, 0.15) is 11.9 Å². The number of rotatable bonds is 2. The van der Waals surface area contributed by atoms with E-state index in [1.165, 1.54) is 16.7 Å². The van der Waals surface area contributed by atoms with Crippen LogP contribution >= 0.6 is 0 Å². The number of aryl methyl sites for hydroxylation is 2. The standard InChI is InChI=1S/C14H21NO2/c1-9-6-10(2)11(3)13(7-9)17-14-8-16-5-4-12(14)15/h6-7,12,14H,4-5,8,15H2,1-3H3. The average molecular weight is 235 g/mol. The van der Waals surface area contributed by atoms with Crippen LogP contribution in [0.3, 0.4) is 0 Å². The van der Waals surface area contributed by atoms with E-state index in [1.54, 1.807) is 0 Å². The number of ether oxygens (including phenoxy) is 2. The molecular formula is C14H21NO2. The minimum Gasteiger partial charge on any atom is -0.486 e. The van der Waals surface area contributed by atoms with Crippen LogP contribution in [0.4, 0.5) is 0 Å². The molecule has 1 saturated heterocycles. The predicted molar refractivity (Wildman–Crippen MR) is 68.5 cm³/mol. The first-order valence-electron chi connectivity index (χ1n) is 6.16. The molecule has 0 aliphatic carbocycles. The Bertz CT molecular complexity index is 403. The second-order valence-corrected chi connectivity index (χ2v) is 4.89. The van der Waals surface area contributed by atoms with E-state index in [-0.39, 0.29) is 12.1 Å². The van der Waals surface area contributed by atoms with E-state index >= 15 is 0 Å². The number of benzene rings is 1. The zero-order valence-electron chi connectivity index (χ0n) is 10.8. The van der Waals surface area contributed by atoms with Crippen molar-refractivity contribution in [2.45, 2.75) is 39.3 Å².